The maximum Gasteiger partial charge on any atom is 0.186 e. The van der Waals surface area contributed by atoms with Gasteiger partial charge in [-0.15, -0.1) is 0 Å². The van der Waals surface area contributed by atoms with Crippen molar-refractivity contribution in [3.63, 3.8) is 0 Å². The summed E-state index contributed by atoms with van der Waals surface area (Å²) in [5, 5.41) is 0. The van der Waals surface area contributed by atoms with Crippen LogP contribution in [0, 0.1) is 0 Å². The number of carbonyl (C=O) groups excluding carboxylic acids is 1. The highest BCUT2D eigenvalue weighted by atomic mass is 16.5. The van der Waals surface area contributed by atoms with Gasteiger partial charge in [-0.1, -0.05) is 0 Å². The summed E-state index contributed by atoms with van der Waals surface area (Å²) in [6.07, 6.45) is 3.28. The first-order chi connectivity index (χ1) is 6.77. The molecule has 0 saturated heterocycles. The molecule has 0 radical (unpaired) electrons. The summed E-state index contributed by atoms with van der Waals surface area (Å²) in [7, 11) is 3.14. The van der Waals surface area contributed by atoms with Crippen LogP contribution < -0.4 is 9.47 Å². The first-order valence-corrected chi connectivity index (χ1v) is 4.25. The fourth-order valence-corrected chi connectivity index (χ4v) is 1.58. The minimum absolute atomic E-state index is 0.0148. The second kappa shape index (κ2) is 3.18. The number of benzene rings is 1. The van der Waals surface area contributed by atoms with Crippen LogP contribution in [0.5, 0.6) is 11.5 Å². The summed E-state index contributed by atoms with van der Waals surface area (Å²) in [6.45, 7) is 0. The number of allylic oxidation sites excluding steroid dienone is 1. The van der Waals surface area contributed by atoms with Gasteiger partial charge >= 0.3 is 0 Å². The van der Waals surface area contributed by atoms with Gasteiger partial charge in [-0.2, -0.15) is 0 Å². The molecule has 14 heavy (non-hydrogen) atoms. The van der Waals surface area contributed by atoms with E-state index < -0.39 is 0 Å². The van der Waals surface area contributed by atoms with E-state index in [0.717, 1.165) is 5.56 Å². The normalized spacial score (nSPS) is 12.9. The molecule has 0 saturated carbocycles. The van der Waals surface area contributed by atoms with E-state index in [-0.39, 0.29) is 5.78 Å². The van der Waals surface area contributed by atoms with Crippen LogP contribution in [0.4, 0.5) is 0 Å². The van der Waals surface area contributed by atoms with Crippen molar-refractivity contribution in [1.82, 2.24) is 0 Å². The third-order valence-corrected chi connectivity index (χ3v) is 2.25. The Morgan fingerprint density at radius 2 is 1.86 bits per heavy atom. The molecule has 0 aliphatic heterocycles. The number of hydrogen-bond donors (Lipinski definition) is 0. The summed E-state index contributed by atoms with van der Waals surface area (Å²) < 4.78 is 10.3. The lowest BCUT2D eigenvalue weighted by Crippen LogP contribution is -1.97. The topological polar surface area (TPSA) is 35.5 Å². The largest absolute Gasteiger partial charge is 0.493 e. The number of carbonyl (C=O) groups is 1. The molecule has 0 atom stereocenters. The maximum atomic E-state index is 11.4. The zero-order valence-electron chi connectivity index (χ0n) is 8.03. The molecule has 0 fully saturated rings. The minimum atomic E-state index is 0.0148. The molecule has 1 aromatic rings. The van der Waals surface area contributed by atoms with Crippen LogP contribution in [0.25, 0.3) is 6.08 Å². The van der Waals surface area contributed by atoms with Gasteiger partial charge in [0.25, 0.3) is 0 Å². The van der Waals surface area contributed by atoms with Crippen molar-refractivity contribution in [2.45, 2.75) is 0 Å². The molecule has 0 bridgehead atoms. The second-order valence-electron chi connectivity index (χ2n) is 2.96. The smallest absolute Gasteiger partial charge is 0.186 e. The molecule has 1 aliphatic carbocycles. The molecule has 72 valence electrons. The fourth-order valence-electron chi connectivity index (χ4n) is 1.58. The van der Waals surface area contributed by atoms with Gasteiger partial charge in [-0.25, -0.2) is 0 Å². The van der Waals surface area contributed by atoms with E-state index in [2.05, 4.69) is 0 Å². The number of methoxy groups -OCH3 is 2. The molecular formula is C11H10O3. The minimum Gasteiger partial charge on any atom is -0.493 e. The van der Waals surface area contributed by atoms with Crippen LogP contribution in [-0.2, 0) is 0 Å². The first kappa shape index (κ1) is 8.81. The van der Waals surface area contributed by atoms with Crippen molar-refractivity contribution < 1.29 is 14.3 Å². The lowest BCUT2D eigenvalue weighted by atomic mass is 10.1. The number of ketones is 1. The Kier molecular flexibility index (Phi) is 2.00. The van der Waals surface area contributed by atoms with Crippen LogP contribution >= 0.6 is 0 Å². The average molecular weight is 190 g/mol. The molecule has 0 heterocycles. The van der Waals surface area contributed by atoms with Gasteiger partial charge in [0.15, 0.2) is 17.3 Å². The van der Waals surface area contributed by atoms with Crippen LogP contribution in [0.2, 0.25) is 0 Å². The van der Waals surface area contributed by atoms with Crippen molar-refractivity contribution in [3.05, 3.63) is 29.3 Å². The van der Waals surface area contributed by atoms with Crippen LogP contribution in [0.15, 0.2) is 18.2 Å². The molecule has 0 unspecified atom stereocenters. The molecule has 3 heteroatoms. The van der Waals surface area contributed by atoms with Crippen molar-refractivity contribution in [3.8, 4) is 11.5 Å². The Balaban J connectivity index is 2.65. The van der Waals surface area contributed by atoms with Crippen molar-refractivity contribution in [1.29, 1.82) is 0 Å². The zero-order chi connectivity index (χ0) is 10.1. The summed E-state index contributed by atoms with van der Waals surface area (Å²) in [5.74, 6) is 1.28. The van der Waals surface area contributed by atoms with E-state index in [0.29, 0.717) is 17.1 Å². The maximum absolute atomic E-state index is 11.4. The monoisotopic (exact) mass is 190 g/mol. The lowest BCUT2D eigenvalue weighted by Gasteiger charge is -2.10. The number of rotatable bonds is 2. The Labute approximate surface area is 81.9 Å². The molecule has 0 amide bonds. The Morgan fingerprint density at radius 1 is 1.07 bits per heavy atom. The van der Waals surface area contributed by atoms with E-state index in [1.165, 1.54) is 6.08 Å². The van der Waals surface area contributed by atoms with Crippen molar-refractivity contribution in [2.75, 3.05) is 14.2 Å². The Bertz CT molecular complexity index is 419. The van der Waals surface area contributed by atoms with Gasteiger partial charge in [-0.3, -0.25) is 4.79 Å². The highest BCUT2D eigenvalue weighted by Crippen LogP contribution is 2.36. The van der Waals surface area contributed by atoms with Gasteiger partial charge in [0.2, 0.25) is 0 Å². The van der Waals surface area contributed by atoms with Crippen molar-refractivity contribution in [2.24, 2.45) is 0 Å². The molecule has 1 aromatic carbocycles. The van der Waals surface area contributed by atoms with Gasteiger partial charge in [0, 0.05) is 11.1 Å². The third-order valence-electron chi connectivity index (χ3n) is 2.25. The molecule has 1 aliphatic rings. The molecule has 2 rings (SSSR count). The number of hydrogen-bond acceptors (Lipinski definition) is 3. The van der Waals surface area contributed by atoms with E-state index >= 15 is 0 Å². The number of fused-ring (bicyclic) bond motifs is 1. The standard InChI is InChI=1S/C11H10O3/c1-13-10-6-4-7-8(11(10)14-2)3-5-9(7)12/h3-6H,1-2H3. The van der Waals surface area contributed by atoms with Gasteiger partial charge in [0.05, 0.1) is 14.2 Å². The van der Waals surface area contributed by atoms with E-state index in [1.54, 1.807) is 32.4 Å². The summed E-state index contributed by atoms with van der Waals surface area (Å²) in [4.78, 5) is 11.4. The molecule has 0 N–H and O–H groups in total. The predicted octanol–water partition coefficient (Wildman–Crippen LogP) is 1.91. The van der Waals surface area contributed by atoms with Gasteiger partial charge in [0.1, 0.15) is 0 Å². The molecule has 0 aromatic heterocycles. The van der Waals surface area contributed by atoms with E-state index in [1.807, 2.05) is 0 Å². The third kappa shape index (κ3) is 1.09. The van der Waals surface area contributed by atoms with Gasteiger partial charge < -0.3 is 9.47 Å². The van der Waals surface area contributed by atoms with Gasteiger partial charge in [-0.05, 0) is 24.3 Å². The fraction of sp³-hybridized carbons (Fsp3) is 0.182. The highest BCUT2D eigenvalue weighted by molar-refractivity contribution is 6.14. The van der Waals surface area contributed by atoms with Crippen LogP contribution in [0.1, 0.15) is 15.9 Å². The zero-order valence-corrected chi connectivity index (χ0v) is 8.03. The van der Waals surface area contributed by atoms with E-state index in [9.17, 15) is 4.79 Å². The second-order valence-corrected chi connectivity index (χ2v) is 2.96. The number of ether oxygens (including phenoxy) is 2. The van der Waals surface area contributed by atoms with E-state index in [4.69, 9.17) is 9.47 Å². The van der Waals surface area contributed by atoms with Crippen molar-refractivity contribution >= 4 is 11.9 Å². The average Bonchev–Trinajstić information content (AvgIpc) is 2.59. The highest BCUT2D eigenvalue weighted by Gasteiger charge is 2.20. The molecular weight excluding hydrogens is 180 g/mol. The summed E-state index contributed by atoms with van der Waals surface area (Å²) >= 11 is 0. The Morgan fingerprint density at radius 3 is 2.50 bits per heavy atom. The van der Waals surface area contributed by atoms with Crippen LogP contribution in [0.3, 0.4) is 0 Å². The predicted molar refractivity (Wildman–Crippen MR) is 52.9 cm³/mol. The first-order valence-electron chi connectivity index (χ1n) is 4.25. The quantitative estimate of drug-likeness (QED) is 0.714. The molecule has 0 spiro atoms. The summed E-state index contributed by atoms with van der Waals surface area (Å²) in [5.41, 5.74) is 1.47. The lowest BCUT2D eigenvalue weighted by molar-refractivity contribution is 0.105. The Hall–Kier alpha value is -1.77. The SMILES string of the molecule is COc1ccc2c(c1OC)C=CC2=O. The van der Waals surface area contributed by atoms with Crippen LogP contribution in [-0.4, -0.2) is 20.0 Å². The molecule has 3 nitrogen and oxygen atoms in total. The summed E-state index contributed by atoms with van der Waals surface area (Å²) in [6, 6.07) is 3.49.